The molecule has 0 aromatic carbocycles. The molecule has 0 aromatic rings. The largest absolute Gasteiger partial charge is 0.394 e. The van der Waals surface area contributed by atoms with E-state index in [9.17, 15) is 10.4 Å². The van der Waals surface area contributed by atoms with E-state index >= 15 is 0 Å². The van der Waals surface area contributed by atoms with Gasteiger partial charge in [0.05, 0.1) is 19.3 Å². The zero-order valence-electron chi connectivity index (χ0n) is 12.7. The average molecular weight is 299 g/mol. The predicted octanol–water partition coefficient (Wildman–Crippen LogP) is 0.517. The highest BCUT2D eigenvalue weighted by atomic mass is 16.8. The molecule has 3 saturated heterocycles. The van der Waals surface area contributed by atoms with Crippen LogP contribution in [0, 0.1) is 16.7 Å². The van der Waals surface area contributed by atoms with Crippen LogP contribution in [0.3, 0.4) is 0 Å². The Morgan fingerprint density at radius 1 is 1.10 bits per heavy atom. The van der Waals surface area contributed by atoms with Crippen LogP contribution in [0.1, 0.15) is 27.7 Å². The molecule has 0 aliphatic carbocycles. The summed E-state index contributed by atoms with van der Waals surface area (Å²) in [6, 6.07) is 2.18. The molecule has 0 amide bonds. The second kappa shape index (κ2) is 4.62. The maximum absolute atomic E-state index is 9.86. The Hall–Kier alpha value is -0.750. The van der Waals surface area contributed by atoms with Crippen molar-refractivity contribution in [2.45, 2.75) is 63.9 Å². The van der Waals surface area contributed by atoms with E-state index in [0.717, 1.165) is 0 Å². The van der Waals surface area contributed by atoms with Crippen molar-refractivity contribution in [3.05, 3.63) is 0 Å². The number of aliphatic hydroxyl groups excluding tert-OH is 1. The summed E-state index contributed by atoms with van der Waals surface area (Å²) in [5.74, 6) is -1.58. The Morgan fingerprint density at radius 3 is 2.33 bits per heavy atom. The van der Waals surface area contributed by atoms with Gasteiger partial charge >= 0.3 is 0 Å². The Bertz CT molecular complexity index is 473. The van der Waals surface area contributed by atoms with E-state index < -0.39 is 48.2 Å². The molecule has 7 heteroatoms. The third-order valence-electron chi connectivity index (χ3n) is 4.19. The molecule has 0 spiro atoms. The molecule has 5 atom stereocenters. The van der Waals surface area contributed by atoms with Gasteiger partial charge in [-0.15, -0.1) is 0 Å². The van der Waals surface area contributed by atoms with Gasteiger partial charge in [-0.1, -0.05) is 0 Å². The fourth-order valence-electron chi connectivity index (χ4n) is 3.23. The lowest BCUT2D eigenvalue weighted by Gasteiger charge is -2.33. The first-order valence-electron chi connectivity index (χ1n) is 7.08. The minimum Gasteiger partial charge on any atom is -0.394 e. The van der Waals surface area contributed by atoms with Crippen molar-refractivity contribution in [2.24, 2.45) is 5.41 Å². The van der Waals surface area contributed by atoms with Crippen molar-refractivity contribution >= 4 is 0 Å². The van der Waals surface area contributed by atoms with Gasteiger partial charge in [0.1, 0.15) is 23.7 Å². The summed E-state index contributed by atoms with van der Waals surface area (Å²) < 4.78 is 28.6. The molecule has 0 bridgehead atoms. The number of ether oxygens (including phenoxy) is 5. The van der Waals surface area contributed by atoms with Crippen LogP contribution in [-0.2, 0) is 23.7 Å². The number of fused-ring (bicyclic) bond motifs is 1. The quantitative estimate of drug-likeness (QED) is 0.794. The number of rotatable bonds is 2. The van der Waals surface area contributed by atoms with Crippen molar-refractivity contribution in [2.75, 3.05) is 13.2 Å². The molecule has 3 fully saturated rings. The number of aliphatic hydroxyl groups is 1. The molecule has 0 aromatic heterocycles. The zero-order chi connectivity index (χ0) is 15.5. The second-order valence-corrected chi connectivity index (χ2v) is 6.66. The molecule has 1 N–H and O–H groups in total. The molecule has 3 aliphatic heterocycles. The average Bonchev–Trinajstić information content (AvgIpc) is 2.98. The molecule has 3 heterocycles. The van der Waals surface area contributed by atoms with Gasteiger partial charge in [0.25, 0.3) is 0 Å². The third-order valence-corrected chi connectivity index (χ3v) is 4.19. The monoisotopic (exact) mass is 299 g/mol. The summed E-state index contributed by atoms with van der Waals surface area (Å²) in [6.07, 6.45) is -2.46. The summed E-state index contributed by atoms with van der Waals surface area (Å²) in [6.45, 7) is 7.00. The second-order valence-electron chi connectivity index (χ2n) is 6.66. The molecule has 3 aliphatic rings. The van der Waals surface area contributed by atoms with Gasteiger partial charge in [-0.3, -0.25) is 0 Å². The minimum absolute atomic E-state index is 0.296. The summed E-state index contributed by atoms with van der Waals surface area (Å²) >= 11 is 0. The smallest absolute Gasteiger partial charge is 0.189 e. The maximum atomic E-state index is 9.86. The number of hydrogen-bond donors (Lipinski definition) is 1. The van der Waals surface area contributed by atoms with Crippen molar-refractivity contribution in [3.63, 3.8) is 0 Å². The van der Waals surface area contributed by atoms with Gasteiger partial charge in [0, 0.05) is 0 Å². The zero-order valence-corrected chi connectivity index (χ0v) is 12.7. The lowest BCUT2D eigenvalue weighted by atomic mass is 9.78. The van der Waals surface area contributed by atoms with Crippen LogP contribution in [0.15, 0.2) is 0 Å². The third kappa shape index (κ3) is 2.27. The first-order chi connectivity index (χ1) is 9.73. The van der Waals surface area contributed by atoms with Crippen LogP contribution in [0.5, 0.6) is 0 Å². The molecular weight excluding hydrogens is 278 g/mol. The van der Waals surface area contributed by atoms with Crippen LogP contribution < -0.4 is 0 Å². The highest BCUT2D eigenvalue weighted by molar-refractivity contribution is 5.17. The van der Waals surface area contributed by atoms with Gasteiger partial charge in [-0.05, 0) is 27.7 Å². The Morgan fingerprint density at radius 2 is 1.81 bits per heavy atom. The van der Waals surface area contributed by atoms with E-state index in [1.165, 1.54) is 0 Å². The van der Waals surface area contributed by atoms with Gasteiger partial charge < -0.3 is 28.8 Å². The van der Waals surface area contributed by atoms with Crippen LogP contribution in [0.4, 0.5) is 0 Å². The van der Waals surface area contributed by atoms with Crippen LogP contribution in [0.25, 0.3) is 0 Å². The Balaban J connectivity index is 1.88. The van der Waals surface area contributed by atoms with E-state index in [0.29, 0.717) is 6.61 Å². The highest BCUT2D eigenvalue weighted by Gasteiger charge is 2.67. The number of hydrogen-bond acceptors (Lipinski definition) is 7. The minimum atomic E-state index is -1.23. The summed E-state index contributed by atoms with van der Waals surface area (Å²) in [4.78, 5) is 0. The van der Waals surface area contributed by atoms with Crippen molar-refractivity contribution in [1.82, 2.24) is 0 Å². The summed E-state index contributed by atoms with van der Waals surface area (Å²) in [5, 5.41) is 19.5. The predicted molar refractivity (Wildman–Crippen MR) is 68.7 cm³/mol. The van der Waals surface area contributed by atoms with Crippen molar-refractivity contribution in [3.8, 4) is 6.07 Å². The fourth-order valence-corrected chi connectivity index (χ4v) is 3.23. The van der Waals surface area contributed by atoms with Crippen molar-refractivity contribution in [1.29, 1.82) is 5.26 Å². The Labute approximate surface area is 123 Å². The Kier molecular flexibility index (Phi) is 3.34. The molecule has 21 heavy (non-hydrogen) atoms. The first-order valence-corrected chi connectivity index (χ1v) is 7.08. The van der Waals surface area contributed by atoms with Crippen LogP contribution >= 0.6 is 0 Å². The maximum Gasteiger partial charge on any atom is 0.189 e. The van der Waals surface area contributed by atoms with Gasteiger partial charge in [0.15, 0.2) is 17.9 Å². The van der Waals surface area contributed by atoms with E-state index in [-0.39, 0.29) is 0 Å². The fraction of sp³-hybridized carbons (Fsp3) is 0.929. The van der Waals surface area contributed by atoms with Gasteiger partial charge in [0.2, 0.25) is 0 Å². The SMILES string of the molecule is CC1(C)OC[C@H]([C@H]2O[C@@H]3OC(C)(C)O[C@@H]3[C@@]2(C#N)CO)O1. The van der Waals surface area contributed by atoms with Crippen molar-refractivity contribution < 1.29 is 28.8 Å². The molecule has 0 saturated carbocycles. The number of nitriles is 1. The molecule has 7 nitrogen and oxygen atoms in total. The van der Waals surface area contributed by atoms with Crippen LogP contribution in [0.2, 0.25) is 0 Å². The lowest BCUT2D eigenvalue weighted by Crippen LogP contribution is -2.49. The van der Waals surface area contributed by atoms with E-state index in [1.807, 2.05) is 0 Å². The molecule has 0 radical (unpaired) electrons. The lowest BCUT2D eigenvalue weighted by molar-refractivity contribution is -0.234. The van der Waals surface area contributed by atoms with E-state index in [1.54, 1.807) is 27.7 Å². The highest BCUT2D eigenvalue weighted by Crippen LogP contribution is 2.50. The summed E-state index contributed by atoms with van der Waals surface area (Å²) in [7, 11) is 0. The molecule has 0 unspecified atom stereocenters. The number of nitrogens with zero attached hydrogens (tertiary/aromatic N) is 1. The normalized spacial score (nSPS) is 47.2. The molecule has 118 valence electrons. The molecular formula is C14H21NO6. The van der Waals surface area contributed by atoms with Crippen LogP contribution in [-0.4, -0.2) is 54.5 Å². The first kappa shape index (κ1) is 15.2. The standard InChI is InChI=1S/C14H21NO6/c1-12(2)17-5-8(19-12)9-14(6-15,7-16)10-11(18-9)21-13(3,4)20-10/h8-11,16H,5,7H2,1-4H3/t8-,9-,10+,11-,14+/m1/s1. The summed E-state index contributed by atoms with van der Waals surface area (Å²) in [5.41, 5.74) is -1.23. The van der Waals surface area contributed by atoms with Gasteiger partial charge in [-0.25, -0.2) is 0 Å². The van der Waals surface area contributed by atoms with E-state index in [4.69, 9.17) is 23.7 Å². The topological polar surface area (TPSA) is 90.2 Å². The van der Waals surface area contributed by atoms with Gasteiger partial charge in [-0.2, -0.15) is 5.26 Å². The van der Waals surface area contributed by atoms with E-state index in [2.05, 4.69) is 6.07 Å². The molecule has 3 rings (SSSR count).